The van der Waals surface area contributed by atoms with Crippen molar-refractivity contribution in [3.05, 3.63) is 65.2 Å². The first kappa shape index (κ1) is 23.5. The van der Waals surface area contributed by atoms with Gasteiger partial charge in [0.2, 0.25) is 10.0 Å². The topological polar surface area (TPSA) is 136 Å². The van der Waals surface area contributed by atoms with Crippen molar-refractivity contribution in [1.82, 2.24) is 14.3 Å². The molecule has 2 heterocycles. The number of rotatable bonds is 6. The molecule has 176 valence electrons. The summed E-state index contributed by atoms with van der Waals surface area (Å²) in [6.45, 7) is 2.01. The average molecular weight is 481 g/mol. The minimum atomic E-state index is -3.73. The molecule has 1 aliphatic rings. The number of nitrogens with zero attached hydrogens (tertiary/aromatic N) is 3. The van der Waals surface area contributed by atoms with Crippen LogP contribution in [0.1, 0.15) is 41.0 Å². The lowest BCUT2D eigenvalue weighted by Crippen LogP contribution is -2.36. The lowest BCUT2D eigenvalue weighted by molar-refractivity contribution is 0.0502. The molecule has 0 radical (unpaired) electrons. The minimum absolute atomic E-state index is 0.0382. The Kier molecular flexibility index (Phi) is 6.68. The number of H-pyrrole nitrogens is 1. The third kappa shape index (κ3) is 4.66. The van der Waals surface area contributed by atoms with Crippen LogP contribution in [0.25, 0.3) is 16.6 Å². The van der Waals surface area contributed by atoms with Gasteiger partial charge in [-0.05, 0) is 49.6 Å². The standard InChI is InChI=1S/C24H24N4O5S/c1-16-9-10-17(13-22(16)34(31,32)28-11-5-2-6-12-28)24(30)33-15-21(29)18(14-25)23-26-19-7-3-4-8-20(19)27-23/h3-4,7-10,13,29H,2,5-6,11-12,15H2,1H3,(H,26,27)/b21-18-. The number of para-hydroxylation sites is 2. The third-order valence-electron chi connectivity index (χ3n) is 5.72. The van der Waals surface area contributed by atoms with Crippen LogP contribution < -0.4 is 0 Å². The van der Waals surface area contributed by atoms with Crippen LogP contribution in [0.2, 0.25) is 0 Å². The quantitative estimate of drug-likeness (QED) is 0.312. The number of aliphatic hydroxyl groups is 1. The summed E-state index contributed by atoms with van der Waals surface area (Å²) in [6, 6.07) is 13.3. The molecule has 4 rings (SSSR count). The molecule has 0 bridgehead atoms. The number of aromatic nitrogens is 2. The van der Waals surface area contributed by atoms with Crippen molar-refractivity contribution in [3.8, 4) is 6.07 Å². The number of piperidine rings is 1. The third-order valence-corrected chi connectivity index (χ3v) is 7.76. The van der Waals surface area contributed by atoms with Gasteiger partial charge in [-0.3, -0.25) is 0 Å². The van der Waals surface area contributed by atoms with Crippen LogP contribution in [0.3, 0.4) is 0 Å². The zero-order chi connectivity index (χ0) is 24.3. The van der Waals surface area contributed by atoms with Gasteiger partial charge in [-0.15, -0.1) is 0 Å². The Morgan fingerprint density at radius 1 is 1.21 bits per heavy atom. The smallest absolute Gasteiger partial charge is 0.338 e. The number of nitrogens with one attached hydrogen (secondary N) is 1. The number of ether oxygens (including phenoxy) is 1. The first-order valence-electron chi connectivity index (χ1n) is 10.9. The van der Waals surface area contributed by atoms with E-state index in [-0.39, 0.29) is 21.9 Å². The maximum absolute atomic E-state index is 13.1. The maximum Gasteiger partial charge on any atom is 0.338 e. The molecular formula is C24H24N4O5S. The summed E-state index contributed by atoms with van der Waals surface area (Å²) in [5.74, 6) is -1.13. The zero-order valence-corrected chi connectivity index (χ0v) is 19.4. The molecule has 0 amide bonds. The minimum Gasteiger partial charge on any atom is -0.507 e. The molecule has 1 saturated heterocycles. The highest BCUT2D eigenvalue weighted by Crippen LogP contribution is 2.25. The predicted octanol–water partition coefficient (Wildman–Crippen LogP) is 3.70. The Hall–Kier alpha value is -3.68. The summed E-state index contributed by atoms with van der Waals surface area (Å²) >= 11 is 0. The normalized spacial score (nSPS) is 15.5. The van der Waals surface area contributed by atoms with E-state index in [2.05, 4.69) is 9.97 Å². The number of esters is 1. The lowest BCUT2D eigenvalue weighted by Gasteiger charge is -2.26. The number of carbonyl (C=O) groups excluding carboxylic acids is 1. The fraction of sp³-hybridized carbons (Fsp3) is 0.292. The molecule has 34 heavy (non-hydrogen) atoms. The number of aromatic amines is 1. The Morgan fingerprint density at radius 3 is 2.65 bits per heavy atom. The lowest BCUT2D eigenvalue weighted by atomic mass is 10.1. The summed E-state index contributed by atoms with van der Waals surface area (Å²) < 4.78 is 32.8. The van der Waals surface area contributed by atoms with Crippen molar-refractivity contribution >= 4 is 32.6 Å². The largest absolute Gasteiger partial charge is 0.507 e. The Balaban J connectivity index is 1.53. The molecule has 9 nitrogen and oxygen atoms in total. The second-order valence-corrected chi connectivity index (χ2v) is 9.96. The number of hydrogen-bond acceptors (Lipinski definition) is 7. The molecular weight excluding hydrogens is 456 g/mol. The maximum atomic E-state index is 13.1. The number of sulfonamides is 1. The Bertz CT molecular complexity index is 1380. The van der Waals surface area contributed by atoms with Crippen molar-refractivity contribution in [3.63, 3.8) is 0 Å². The SMILES string of the molecule is Cc1ccc(C(=O)OC/C(O)=C(\C#N)c2nc3ccccc3[nH]2)cc1S(=O)(=O)N1CCCCC1. The van der Waals surface area contributed by atoms with E-state index in [1.54, 1.807) is 31.2 Å². The van der Waals surface area contributed by atoms with E-state index >= 15 is 0 Å². The molecule has 0 atom stereocenters. The number of fused-ring (bicyclic) bond motifs is 1. The Labute approximate surface area is 197 Å². The second kappa shape index (κ2) is 9.67. The van der Waals surface area contributed by atoms with Gasteiger partial charge < -0.3 is 14.8 Å². The van der Waals surface area contributed by atoms with E-state index in [1.807, 2.05) is 12.1 Å². The molecule has 1 aliphatic heterocycles. The summed E-state index contributed by atoms with van der Waals surface area (Å²) in [5, 5.41) is 19.9. The average Bonchev–Trinajstić information content (AvgIpc) is 3.27. The highest BCUT2D eigenvalue weighted by atomic mass is 32.2. The van der Waals surface area contributed by atoms with Crippen molar-refractivity contribution in [2.45, 2.75) is 31.1 Å². The zero-order valence-electron chi connectivity index (χ0n) is 18.6. The number of aryl methyl sites for hydroxylation is 1. The fourth-order valence-electron chi connectivity index (χ4n) is 3.86. The van der Waals surface area contributed by atoms with Crippen molar-refractivity contribution in [2.24, 2.45) is 0 Å². The van der Waals surface area contributed by atoms with Gasteiger partial charge in [-0.1, -0.05) is 24.6 Å². The fourth-order valence-corrected chi connectivity index (χ4v) is 5.63. The molecule has 10 heteroatoms. The molecule has 1 aromatic heterocycles. The van der Waals surface area contributed by atoms with Crippen LogP contribution in [0, 0.1) is 18.3 Å². The molecule has 3 aromatic rings. The van der Waals surface area contributed by atoms with Gasteiger partial charge >= 0.3 is 5.97 Å². The number of benzene rings is 2. The van der Waals surface area contributed by atoms with E-state index in [1.165, 1.54) is 16.4 Å². The summed E-state index contributed by atoms with van der Waals surface area (Å²) in [5.41, 5.74) is 1.73. The predicted molar refractivity (Wildman–Crippen MR) is 125 cm³/mol. The summed E-state index contributed by atoms with van der Waals surface area (Å²) in [4.78, 5) is 19.9. The van der Waals surface area contributed by atoms with Gasteiger partial charge in [0.15, 0.2) is 11.6 Å². The molecule has 2 aromatic carbocycles. The number of imidazole rings is 1. The molecule has 0 aliphatic carbocycles. The first-order valence-corrected chi connectivity index (χ1v) is 12.3. The number of hydrogen-bond donors (Lipinski definition) is 2. The summed E-state index contributed by atoms with van der Waals surface area (Å²) in [6.07, 6.45) is 2.60. The highest BCUT2D eigenvalue weighted by Gasteiger charge is 2.28. The number of nitriles is 1. The molecule has 0 saturated carbocycles. The van der Waals surface area contributed by atoms with E-state index in [4.69, 9.17) is 4.74 Å². The first-order chi connectivity index (χ1) is 16.3. The van der Waals surface area contributed by atoms with Gasteiger partial charge in [-0.2, -0.15) is 9.57 Å². The summed E-state index contributed by atoms with van der Waals surface area (Å²) in [7, 11) is -3.73. The number of carbonyl (C=O) groups is 1. The van der Waals surface area contributed by atoms with Gasteiger partial charge in [-0.25, -0.2) is 18.2 Å². The van der Waals surface area contributed by atoms with Crippen LogP contribution in [0.5, 0.6) is 0 Å². The van der Waals surface area contributed by atoms with E-state index in [9.17, 15) is 23.6 Å². The molecule has 2 N–H and O–H groups in total. The van der Waals surface area contributed by atoms with Crippen molar-refractivity contribution < 1.29 is 23.1 Å². The van der Waals surface area contributed by atoms with E-state index < -0.39 is 28.4 Å². The van der Waals surface area contributed by atoms with Gasteiger partial charge in [0.05, 0.1) is 21.5 Å². The monoisotopic (exact) mass is 480 g/mol. The number of aliphatic hydroxyl groups excluding tert-OH is 1. The van der Waals surface area contributed by atoms with Crippen LogP contribution in [-0.4, -0.2) is 53.5 Å². The molecule has 0 unspecified atom stereocenters. The highest BCUT2D eigenvalue weighted by molar-refractivity contribution is 7.89. The molecule has 1 fully saturated rings. The Morgan fingerprint density at radius 2 is 1.94 bits per heavy atom. The second-order valence-electron chi connectivity index (χ2n) is 8.06. The van der Waals surface area contributed by atoms with Crippen LogP contribution >= 0.6 is 0 Å². The number of allylic oxidation sites excluding steroid dienone is 1. The van der Waals surface area contributed by atoms with E-state index in [0.717, 1.165) is 19.3 Å². The van der Waals surface area contributed by atoms with Crippen molar-refractivity contribution in [2.75, 3.05) is 19.7 Å². The van der Waals surface area contributed by atoms with Crippen LogP contribution in [0.15, 0.2) is 53.1 Å². The van der Waals surface area contributed by atoms with Gasteiger partial charge in [0.25, 0.3) is 0 Å². The van der Waals surface area contributed by atoms with Crippen molar-refractivity contribution in [1.29, 1.82) is 5.26 Å². The van der Waals surface area contributed by atoms with Crippen LogP contribution in [-0.2, 0) is 14.8 Å². The van der Waals surface area contributed by atoms with E-state index in [0.29, 0.717) is 29.7 Å². The van der Waals surface area contributed by atoms with Gasteiger partial charge in [0.1, 0.15) is 18.2 Å². The van der Waals surface area contributed by atoms with Crippen LogP contribution in [0.4, 0.5) is 0 Å². The molecule has 0 spiro atoms. The van der Waals surface area contributed by atoms with Gasteiger partial charge in [0, 0.05) is 13.1 Å².